The van der Waals surface area contributed by atoms with Gasteiger partial charge in [0.15, 0.2) is 4.80 Å². The van der Waals surface area contributed by atoms with Crippen LogP contribution in [-0.4, -0.2) is 17.6 Å². The van der Waals surface area contributed by atoms with Gasteiger partial charge in [0.1, 0.15) is 5.75 Å². The van der Waals surface area contributed by atoms with E-state index in [2.05, 4.69) is 4.99 Å². The summed E-state index contributed by atoms with van der Waals surface area (Å²) >= 11 is 7.54. The number of methoxy groups -OCH3 is 1. The molecule has 1 aromatic heterocycles. The van der Waals surface area contributed by atoms with E-state index in [0.717, 1.165) is 10.6 Å². The summed E-state index contributed by atoms with van der Waals surface area (Å²) in [6.07, 6.45) is 1.95. The summed E-state index contributed by atoms with van der Waals surface area (Å²) < 4.78 is 7.13. The Kier molecular flexibility index (Phi) is 4.78. The predicted octanol–water partition coefficient (Wildman–Crippen LogP) is 3.98. The zero-order valence-corrected chi connectivity index (χ0v) is 14.9. The Bertz CT molecular complexity index is 769. The maximum atomic E-state index is 12.2. The molecule has 4 nitrogen and oxygen atoms in total. The number of aromatic nitrogens is 1. The molecule has 0 aliphatic rings. The number of nitrogens with zero attached hydrogens (tertiary/aromatic N) is 2. The van der Waals surface area contributed by atoms with Crippen molar-refractivity contribution < 1.29 is 9.53 Å². The van der Waals surface area contributed by atoms with E-state index in [1.54, 1.807) is 13.2 Å². The third kappa shape index (κ3) is 3.59. The number of ether oxygens (including phenoxy) is 1. The lowest BCUT2D eigenvalue weighted by atomic mass is 9.96. The van der Waals surface area contributed by atoms with Crippen LogP contribution in [0.25, 0.3) is 5.69 Å². The maximum Gasteiger partial charge on any atom is 0.253 e. The largest absolute Gasteiger partial charge is 0.495 e. The summed E-state index contributed by atoms with van der Waals surface area (Å²) in [5, 5.41) is 0.544. The van der Waals surface area contributed by atoms with Crippen LogP contribution in [0.2, 0.25) is 5.02 Å². The number of hydrogen-bond acceptors (Lipinski definition) is 3. The predicted molar refractivity (Wildman–Crippen MR) is 90.0 cm³/mol. The normalized spacial score (nSPS) is 12.5. The van der Waals surface area contributed by atoms with Crippen LogP contribution in [0.3, 0.4) is 0 Å². The highest BCUT2D eigenvalue weighted by molar-refractivity contribution is 7.09. The van der Waals surface area contributed by atoms with E-state index in [1.165, 1.54) is 11.3 Å². The molecule has 22 heavy (non-hydrogen) atoms. The molecule has 1 amide bonds. The first kappa shape index (κ1) is 16.8. The lowest BCUT2D eigenvalue weighted by Gasteiger charge is -2.12. The van der Waals surface area contributed by atoms with Gasteiger partial charge in [0, 0.05) is 22.6 Å². The Morgan fingerprint density at radius 1 is 1.36 bits per heavy atom. The van der Waals surface area contributed by atoms with Gasteiger partial charge in [-0.1, -0.05) is 32.4 Å². The summed E-state index contributed by atoms with van der Waals surface area (Å²) in [6, 6.07) is 5.47. The summed E-state index contributed by atoms with van der Waals surface area (Å²) in [7, 11) is 1.57. The summed E-state index contributed by atoms with van der Waals surface area (Å²) in [5.74, 6) is 0.438. The lowest BCUT2D eigenvalue weighted by Crippen LogP contribution is -2.22. The van der Waals surface area contributed by atoms with Crippen LogP contribution in [0.4, 0.5) is 0 Å². The Morgan fingerprint density at radius 3 is 2.64 bits per heavy atom. The molecule has 0 unspecified atom stereocenters. The molecule has 0 spiro atoms. The molecular weight excluding hydrogens is 320 g/mol. The van der Waals surface area contributed by atoms with E-state index in [1.807, 2.05) is 50.6 Å². The monoisotopic (exact) mass is 338 g/mol. The highest BCUT2D eigenvalue weighted by Gasteiger charge is 2.21. The van der Waals surface area contributed by atoms with E-state index in [4.69, 9.17) is 16.3 Å². The average molecular weight is 339 g/mol. The van der Waals surface area contributed by atoms with Gasteiger partial charge in [0.2, 0.25) is 0 Å². The van der Waals surface area contributed by atoms with Crippen molar-refractivity contribution in [2.24, 2.45) is 10.4 Å². The molecule has 0 aliphatic carbocycles. The topological polar surface area (TPSA) is 43.6 Å². The number of hydrogen-bond donors (Lipinski definition) is 0. The van der Waals surface area contributed by atoms with Crippen molar-refractivity contribution >= 4 is 28.8 Å². The van der Waals surface area contributed by atoms with Gasteiger partial charge in [-0.25, -0.2) is 0 Å². The fraction of sp³-hybridized carbons (Fsp3) is 0.375. The Morgan fingerprint density at radius 2 is 2.05 bits per heavy atom. The molecule has 0 N–H and O–H groups in total. The van der Waals surface area contributed by atoms with Crippen molar-refractivity contribution in [3.63, 3.8) is 0 Å². The van der Waals surface area contributed by atoms with Gasteiger partial charge < -0.3 is 4.74 Å². The number of carbonyl (C=O) groups excluding carboxylic acids is 1. The molecule has 0 atom stereocenters. The average Bonchev–Trinajstić information content (AvgIpc) is 2.79. The number of benzene rings is 1. The second kappa shape index (κ2) is 6.26. The third-order valence-corrected chi connectivity index (χ3v) is 4.23. The van der Waals surface area contributed by atoms with Crippen LogP contribution in [-0.2, 0) is 4.79 Å². The Labute approximate surface area is 139 Å². The van der Waals surface area contributed by atoms with E-state index in [0.29, 0.717) is 15.6 Å². The van der Waals surface area contributed by atoms with Gasteiger partial charge in [-0.3, -0.25) is 9.36 Å². The Hall–Kier alpha value is -1.59. The highest BCUT2D eigenvalue weighted by Crippen LogP contribution is 2.26. The first-order valence-electron chi connectivity index (χ1n) is 6.84. The van der Waals surface area contributed by atoms with E-state index < -0.39 is 5.41 Å². The van der Waals surface area contributed by atoms with Gasteiger partial charge >= 0.3 is 0 Å². The first-order valence-corrected chi connectivity index (χ1v) is 8.04. The van der Waals surface area contributed by atoms with E-state index >= 15 is 0 Å². The van der Waals surface area contributed by atoms with Crippen molar-refractivity contribution in [3.8, 4) is 11.4 Å². The third-order valence-electron chi connectivity index (χ3n) is 3.02. The summed E-state index contributed by atoms with van der Waals surface area (Å²) in [6.45, 7) is 7.55. The van der Waals surface area contributed by atoms with Crippen LogP contribution in [0.5, 0.6) is 5.75 Å². The van der Waals surface area contributed by atoms with Crippen molar-refractivity contribution in [2.75, 3.05) is 7.11 Å². The SMILES string of the molecule is COc1cc(-n2cc(C)sc2=NC(=O)C(C)(C)C)ccc1Cl. The number of aryl methyl sites for hydroxylation is 1. The molecule has 0 aliphatic heterocycles. The number of thiazole rings is 1. The van der Waals surface area contributed by atoms with Crippen LogP contribution >= 0.6 is 22.9 Å². The van der Waals surface area contributed by atoms with Crippen molar-refractivity contribution in [3.05, 3.63) is 39.1 Å². The maximum absolute atomic E-state index is 12.2. The van der Waals surface area contributed by atoms with E-state index in [9.17, 15) is 4.79 Å². The molecule has 2 rings (SSSR count). The number of halogens is 1. The second-order valence-electron chi connectivity index (χ2n) is 5.98. The fourth-order valence-corrected chi connectivity index (χ4v) is 2.80. The number of rotatable bonds is 2. The second-order valence-corrected chi connectivity index (χ2v) is 7.60. The molecule has 0 saturated heterocycles. The molecule has 2 aromatic rings. The van der Waals surface area contributed by atoms with Crippen LogP contribution in [0.1, 0.15) is 25.6 Å². The van der Waals surface area contributed by atoms with Crippen molar-refractivity contribution in [2.45, 2.75) is 27.7 Å². The minimum atomic E-state index is -0.507. The molecular formula is C16H19ClN2O2S. The van der Waals surface area contributed by atoms with Crippen LogP contribution < -0.4 is 9.54 Å². The first-order chi connectivity index (χ1) is 10.2. The fourth-order valence-electron chi connectivity index (χ4n) is 1.77. The summed E-state index contributed by atoms with van der Waals surface area (Å²) in [5.41, 5.74) is 0.346. The minimum absolute atomic E-state index is 0.149. The molecule has 0 fully saturated rings. The van der Waals surface area contributed by atoms with E-state index in [-0.39, 0.29) is 5.91 Å². The number of carbonyl (C=O) groups is 1. The molecule has 1 heterocycles. The van der Waals surface area contributed by atoms with Crippen LogP contribution in [0, 0.1) is 12.3 Å². The van der Waals surface area contributed by atoms with Gasteiger partial charge in [-0.05, 0) is 19.1 Å². The zero-order valence-electron chi connectivity index (χ0n) is 13.3. The highest BCUT2D eigenvalue weighted by atomic mass is 35.5. The molecule has 6 heteroatoms. The van der Waals surface area contributed by atoms with Gasteiger partial charge in [-0.15, -0.1) is 11.3 Å². The molecule has 1 aromatic carbocycles. The number of amides is 1. The summed E-state index contributed by atoms with van der Waals surface area (Å²) in [4.78, 5) is 18.2. The molecule has 118 valence electrons. The quantitative estimate of drug-likeness (QED) is 0.831. The van der Waals surface area contributed by atoms with Crippen molar-refractivity contribution in [1.82, 2.24) is 4.57 Å². The Balaban J connectivity index is 2.58. The smallest absolute Gasteiger partial charge is 0.253 e. The van der Waals surface area contributed by atoms with Gasteiger partial charge in [0.05, 0.1) is 17.8 Å². The lowest BCUT2D eigenvalue weighted by molar-refractivity contribution is -0.125. The van der Waals surface area contributed by atoms with Crippen molar-refractivity contribution in [1.29, 1.82) is 0 Å². The molecule has 0 saturated carbocycles. The van der Waals surface area contributed by atoms with Crippen LogP contribution in [0.15, 0.2) is 29.4 Å². The minimum Gasteiger partial charge on any atom is -0.495 e. The van der Waals surface area contributed by atoms with Gasteiger partial charge in [0.25, 0.3) is 5.91 Å². The molecule has 0 bridgehead atoms. The van der Waals surface area contributed by atoms with Gasteiger partial charge in [-0.2, -0.15) is 4.99 Å². The zero-order chi connectivity index (χ0) is 16.5. The molecule has 0 radical (unpaired) electrons. The standard InChI is InChI=1S/C16H19ClN2O2S/c1-10-9-19(11-6-7-12(17)13(8-11)21-5)15(22-10)18-14(20)16(2,3)4/h6-9H,1-5H3.